The van der Waals surface area contributed by atoms with E-state index in [1.165, 1.54) is 4.90 Å². The normalized spacial score (nSPS) is 23.2. The molecule has 33 heavy (non-hydrogen) atoms. The molecule has 0 bridgehead atoms. The Bertz CT molecular complexity index is 1080. The van der Waals surface area contributed by atoms with Crippen molar-refractivity contribution < 1.29 is 33.1 Å². The highest BCUT2D eigenvalue weighted by Crippen LogP contribution is 2.40. The molecule has 0 aliphatic carbocycles. The van der Waals surface area contributed by atoms with Gasteiger partial charge in [-0.1, -0.05) is 0 Å². The Kier molecular flexibility index (Phi) is 5.69. The number of imide groups is 2. The number of fused-ring (bicyclic) bond motifs is 1. The highest BCUT2D eigenvalue weighted by atomic mass is 19.1. The van der Waals surface area contributed by atoms with E-state index in [4.69, 9.17) is 4.74 Å². The van der Waals surface area contributed by atoms with Crippen LogP contribution in [0.3, 0.4) is 0 Å². The summed E-state index contributed by atoms with van der Waals surface area (Å²) >= 11 is 0. The van der Waals surface area contributed by atoms with Crippen LogP contribution in [0.2, 0.25) is 0 Å². The number of benzene rings is 1. The van der Waals surface area contributed by atoms with E-state index in [0.29, 0.717) is 6.54 Å². The minimum atomic E-state index is -1.04. The molecule has 0 aromatic heterocycles. The summed E-state index contributed by atoms with van der Waals surface area (Å²) < 4.78 is 21.1. The van der Waals surface area contributed by atoms with Gasteiger partial charge in [-0.15, -0.1) is 0 Å². The number of amides is 5. The maximum absolute atomic E-state index is 15.6. The van der Waals surface area contributed by atoms with E-state index < -0.39 is 53.1 Å². The van der Waals surface area contributed by atoms with E-state index >= 15 is 4.39 Å². The van der Waals surface area contributed by atoms with Crippen LogP contribution in [-0.2, 0) is 14.3 Å². The average molecular weight is 460 g/mol. The lowest BCUT2D eigenvalue weighted by Gasteiger charge is -2.39. The zero-order valence-electron chi connectivity index (χ0n) is 18.5. The molecule has 4 rings (SSSR count). The quantitative estimate of drug-likeness (QED) is 0.563. The third-order valence-corrected chi connectivity index (χ3v) is 5.85. The van der Waals surface area contributed by atoms with Gasteiger partial charge in [-0.05, 0) is 38.8 Å². The number of carbonyl (C=O) groups excluding carboxylic acids is 5. The van der Waals surface area contributed by atoms with Gasteiger partial charge in [0.05, 0.1) is 23.1 Å². The first kappa shape index (κ1) is 22.8. The minimum Gasteiger partial charge on any atom is -0.444 e. The summed E-state index contributed by atoms with van der Waals surface area (Å²) in [6.07, 6.45) is -0.625. The number of piperidine rings is 1. The van der Waals surface area contributed by atoms with Crippen molar-refractivity contribution >= 4 is 29.7 Å². The molecule has 2 saturated heterocycles. The number of piperazine rings is 1. The van der Waals surface area contributed by atoms with Gasteiger partial charge in [-0.25, -0.2) is 9.18 Å². The summed E-state index contributed by atoms with van der Waals surface area (Å²) in [6, 6.07) is 0.0603. The predicted octanol–water partition coefficient (Wildman–Crippen LogP) is 1.11. The van der Waals surface area contributed by atoms with Gasteiger partial charge >= 0.3 is 6.09 Å². The van der Waals surface area contributed by atoms with Crippen LogP contribution >= 0.6 is 0 Å². The van der Waals surface area contributed by atoms with Crippen LogP contribution in [0.5, 0.6) is 0 Å². The Morgan fingerprint density at radius 3 is 2.52 bits per heavy atom. The number of carbonyl (C=O) groups is 5. The molecule has 10 nitrogen and oxygen atoms in total. The molecule has 0 radical (unpaired) electrons. The maximum atomic E-state index is 15.6. The fourth-order valence-corrected chi connectivity index (χ4v) is 4.51. The SMILES string of the molecule is CC(C)(C)OC(=O)N1CCNCC1c1c(F)cc2c(c1C1CCC(=O)NC1=O)C(=O)NC2=O. The first-order chi connectivity index (χ1) is 15.5. The van der Waals surface area contributed by atoms with Crippen molar-refractivity contribution in [2.45, 2.75) is 51.2 Å². The van der Waals surface area contributed by atoms with E-state index in [1.54, 1.807) is 20.8 Å². The van der Waals surface area contributed by atoms with Gasteiger partial charge in [0.15, 0.2) is 0 Å². The maximum Gasteiger partial charge on any atom is 0.410 e. The number of nitrogens with one attached hydrogen (secondary N) is 3. The predicted molar refractivity (Wildman–Crippen MR) is 112 cm³/mol. The summed E-state index contributed by atoms with van der Waals surface area (Å²) in [5, 5.41) is 7.47. The second kappa shape index (κ2) is 8.22. The third-order valence-electron chi connectivity index (χ3n) is 5.85. The first-order valence-corrected chi connectivity index (χ1v) is 10.7. The minimum absolute atomic E-state index is 0.00457. The molecule has 176 valence electrons. The number of ether oxygens (including phenoxy) is 1. The monoisotopic (exact) mass is 460 g/mol. The van der Waals surface area contributed by atoms with Crippen molar-refractivity contribution in [3.8, 4) is 0 Å². The summed E-state index contributed by atoms with van der Waals surface area (Å²) in [5.74, 6) is -4.52. The fourth-order valence-electron chi connectivity index (χ4n) is 4.51. The van der Waals surface area contributed by atoms with E-state index in [2.05, 4.69) is 16.0 Å². The Labute approximate surface area is 189 Å². The topological polar surface area (TPSA) is 134 Å². The van der Waals surface area contributed by atoms with Crippen molar-refractivity contribution in [1.82, 2.24) is 20.9 Å². The second-order valence-electron chi connectivity index (χ2n) is 9.29. The zero-order valence-corrected chi connectivity index (χ0v) is 18.5. The number of hydrogen-bond donors (Lipinski definition) is 3. The Balaban J connectivity index is 1.89. The second-order valence-corrected chi connectivity index (χ2v) is 9.29. The van der Waals surface area contributed by atoms with Gasteiger partial charge in [0, 0.05) is 31.6 Å². The summed E-state index contributed by atoms with van der Waals surface area (Å²) in [7, 11) is 0. The first-order valence-electron chi connectivity index (χ1n) is 10.7. The van der Waals surface area contributed by atoms with Crippen molar-refractivity contribution in [2.75, 3.05) is 19.6 Å². The van der Waals surface area contributed by atoms with Crippen LogP contribution in [0.4, 0.5) is 9.18 Å². The van der Waals surface area contributed by atoms with Crippen LogP contribution < -0.4 is 16.0 Å². The lowest BCUT2D eigenvalue weighted by molar-refractivity contribution is -0.134. The molecule has 2 atom stereocenters. The van der Waals surface area contributed by atoms with Gasteiger partial charge in [0.2, 0.25) is 11.8 Å². The van der Waals surface area contributed by atoms with Gasteiger partial charge in [-0.2, -0.15) is 0 Å². The van der Waals surface area contributed by atoms with Crippen molar-refractivity contribution in [1.29, 1.82) is 0 Å². The molecule has 5 amide bonds. The third kappa shape index (κ3) is 4.20. The van der Waals surface area contributed by atoms with Gasteiger partial charge < -0.3 is 10.1 Å². The van der Waals surface area contributed by atoms with E-state index in [0.717, 1.165) is 6.07 Å². The molecule has 3 aliphatic heterocycles. The molecule has 1 aromatic rings. The molecular formula is C22H25FN4O6. The van der Waals surface area contributed by atoms with Gasteiger partial charge in [0.25, 0.3) is 11.8 Å². The van der Waals surface area contributed by atoms with E-state index in [9.17, 15) is 24.0 Å². The molecule has 11 heteroatoms. The molecule has 2 fully saturated rings. The number of halogens is 1. The molecule has 0 spiro atoms. The Morgan fingerprint density at radius 2 is 1.85 bits per heavy atom. The molecule has 3 aliphatic rings. The molecule has 1 aromatic carbocycles. The molecule has 3 heterocycles. The highest BCUT2D eigenvalue weighted by Gasteiger charge is 2.43. The van der Waals surface area contributed by atoms with Gasteiger partial charge in [-0.3, -0.25) is 34.7 Å². The van der Waals surface area contributed by atoms with Crippen LogP contribution in [0.1, 0.15) is 77.4 Å². The Hall–Kier alpha value is -3.34. The summed E-state index contributed by atoms with van der Waals surface area (Å²) in [6.45, 7) is 5.92. The molecular weight excluding hydrogens is 435 g/mol. The lowest BCUT2D eigenvalue weighted by atomic mass is 9.80. The smallest absolute Gasteiger partial charge is 0.410 e. The van der Waals surface area contributed by atoms with E-state index in [1.807, 2.05) is 0 Å². The lowest BCUT2D eigenvalue weighted by Crippen LogP contribution is -2.51. The van der Waals surface area contributed by atoms with Crippen LogP contribution in [0.15, 0.2) is 6.07 Å². The summed E-state index contributed by atoms with van der Waals surface area (Å²) in [4.78, 5) is 63.7. The molecule has 2 unspecified atom stereocenters. The van der Waals surface area contributed by atoms with Crippen LogP contribution in [-0.4, -0.2) is 59.9 Å². The van der Waals surface area contributed by atoms with Crippen molar-refractivity contribution in [2.24, 2.45) is 0 Å². The molecule has 0 saturated carbocycles. The fraction of sp³-hybridized carbons (Fsp3) is 0.500. The highest BCUT2D eigenvalue weighted by molar-refractivity contribution is 6.23. The van der Waals surface area contributed by atoms with Crippen molar-refractivity contribution in [3.05, 3.63) is 34.1 Å². The number of nitrogens with zero attached hydrogens (tertiary/aromatic N) is 1. The number of hydrogen-bond acceptors (Lipinski definition) is 7. The van der Waals surface area contributed by atoms with Crippen LogP contribution in [0, 0.1) is 5.82 Å². The van der Waals surface area contributed by atoms with Crippen LogP contribution in [0.25, 0.3) is 0 Å². The standard InChI is InChI=1S/C22H25FN4O6/c1-22(2,3)33-21(32)27-7-6-24-9-13(27)17-12(23)8-11-16(20(31)26-19(11)30)15(17)10-4-5-14(28)25-18(10)29/h8,10,13,24H,4-7,9H2,1-3H3,(H,25,28,29)(H,26,30,31). The van der Waals surface area contributed by atoms with Crippen molar-refractivity contribution in [3.63, 3.8) is 0 Å². The zero-order chi connectivity index (χ0) is 24.1. The largest absolute Gasteiger partial charge is 0.444 e. The number of rotatable bonds is 2. The Morgan fingerprint density at radius 1 is 1.12 bits per heavy atom. The van der Waals surface area contributed by atoms with Gasteiger partial charge in [0.1, 0.15) is 11.4 Å². The molecule has 3 N–H and O–H groups in total. The summed E-state index contributed by atoms with van der Waals surface area (Å²) in [5.41, 5.74) is -1.07. The average Bonchev–Trinajstić information content (AvgIpc) is 2.99. The van der Waals surface area contributed by atoms with E-state index in [-0.39, 0.29) is 48.2 Å².